The summed E-state index contributed by atoms with van der Waals surface area (Å²) in [6.45, 7) is 0.489. The Morgan fingerprint density at radius 2 is 1.95 bits per heavy atom. The summed E-state index contributed by atoms with van der Waals surface area (Å²) in [6.07, 6.45) is 1.21. The number of hydrazine groups is 1. The first-order valence-electron chi connectivity index (χ1n) is 6.79. The van der Waals surface area contributed by atoms with Gasteiger partial charge in [-0.25, -0.2) is 4.39 Å². The normalized spacial score (nSPS) is 14.0. The monoisotopic (exact) mass is 325 g/mol. The highest BCUT2D eigenvalue weighted by molar-refractivity contribution is 8.00. The lowest BCUT2D eigenvalue weighted by molar-refractivity contribution is -0.134. The number of amides is 3. The number of thioether (sulfide) groups is 1. The summed E-state index contributed by atoms with van der Waals surface area (Å²) < 4.78 is 13.4. The maximum absolute atomic E-state index is 13.4. The molecule has 1 aliphatic heterocycles. The quantitative estimate of drug-likeness (QED) is 0.617. The molecule has 0 atom stereocenters. The second-order valence-electron chi connectivity index (χ2n) is 4.73. The van der Waals surface area contributed by atoms with E-state index in [-0.39, 0.29) is 18.2 Å². The van der Waals surface area contributed by atoms with Crippen LogP contribution < -0.4 is 10.9 Å². The number of carbonyl (C=O) groups excluding carboxylic acids is 3. The van der Waals surface area contributed by atoms with Gasteiger partial charge >= 0.3 is 0 Å². The van der Waals surface area contributed by atoms with Gasteiger partial charge in [0.05, 0.1) is 5.75 Å². The van der Waals surface area contributed by atoms with Crippen LogP contribution in [0.5, 0.6) is 0 Å². The van der Waals surface area contributed by atoms with Crippen LogP contribution in [0.4, 0.5) is 4.39 Å². The Balaban J connectivity index is 1.68. The fraction of sp³-hybridized carbons (Fsp3) is 0.357. The summed E-state index contributed by atoms with van der Waals surface area (Å²) in [6, 6.07) is 6.14. The topological polar surface area (TPSA) is 78.5 Å². The average molecular weight is 325 g/mol. The number of hydrogen-bond donors (Lipinski definition) is 2. The fourth-order valence-corrected chi connectivity index (χ4v) is 2.70. The van der Waals surface area contributed by atoms with Crippen molar-refractivity contribution in [2.24, 2.45) is 0 Å². The highest BCUT2D eigenvalue weighted by Gasteiger charge is 2.22. The van der Waals surface area contributed by atoms with E-state index in [0.717, 1.165) is 18.2 Å². The van der Waals surface area contributed by atoms with Gasteiger partial charge in [-0.2, -0.15) is 0 Å². The molecule has 0 aliphatic carbocycles. The third kappa shape index (κ3) is 4.73. The van der Waals surface area contributed by atoms with E-state index in [1.807, 2.05) is 0 Å². The Kier molecular flexibility index (Phi) is 5.76. The molecule has 1 aliphatic rings. The minimum absolute atomic E-state index is 0.0240. The summed E-state index contributed by atoms with van der Waals surface area (Å²) in [4.78, 5) is 36.3. The van der Waals surface area contributed by atoms with Crippen LogP contribution in [-0.2, 0) is 14.4 Å². The van der Waals surface area contributed by atoms with Gasteiger partial charge in [-0.1, -0.05) is 12.1 Å². The number of nitrogens with zero attached hydrogens (tertiary/aromatic N) is 1. The zero-order chi connectivity index (χ0) is 15.9. The van der Waals surface area contributed by atoms with Crippen LogP contribution in [0, 0.1) is 5.82 Å². The van der Waals surface area contributed by atoms with Gasteiger partial charge < -0.3 is 4.90 Å². The van der Waals surface area contributed by atoms with Crippen LogP contribution in [0.15, 0.2) is 29.2 Å². The first-order valence-corrected chi connectivity index (χ1v) is 7.77. The molecule has 2 N–H and O–H groups in total. The molecule has 22 heavy (non-hydrogen) atoms. The number of carbonyl (C=O) groups is 3. The van der Waals surface area contributed by atoms with Gasteiger partial charge in [0.25, 0.3) is 5.91 Å². The summed E-state index contributed by atoms with van der Waals surface area (Å²) in [5.74, 6) is -1.38. The van der Waals surface area contributed by atoms with E-state index < -0.39 is 17.6 Å². The van der Waals surface area contributed by atoms with Gasteiger partial charge in [-0.3, -0.25) is 25.2 Å². The molecule has 8 heteroatoms. The van der Waals surface area contributed by atoms with Gasteiger partial charge in [-0.05, 0) is 18.6 Å². The van der Waals surface area contributed by atoms with E-state index in [2.05, 4.69) is 10.9 Å². The zero-order valence-electron chi connectivity index (χ0n) is 11.8. The molecule has 1 saturated heterocycles. The van der Waals surface area contributed by atoms with Crippen LogP contribution >= 0.6 is 11.8 Å². The Labute approximate surface area is 131 Å². The third-order valence-electron chi connectivity index (χ3n) is 3.04. The van der Waals surface area contributed by atoms with Crippen molar-refractivity contribution in [2.75, 3.05) is 18.8 Å². The van der Waals surface area contributed by atoms with E-state index >= 15 is 0 Å². The van der Waals surface area contributed by atoms with Crippen LogP contribution in [-0.4, -0.2) is 41.5 Å². The number of hydrogen-bond acceptors (Lipinski definition) is 4. The summed E-state index contributed by atoms with van der Waals surface area (Å²) in [5.41, 5.74) is 4.48. The predicted octanol–water partition coefficient (Wildman–Crippen LogP) is 0.688. The summed E-state index contributed by atoms with van der Waals surface area (Å²) >= 11 is 1.04. The van der Waals surface area contributed by atoms with Crippen molar-refractivity contribution in [3.05, 3.63) is 30.1 Å². The molecule has 0 spiro atoms. The van der Waals surface area contributed by atoms with Crippen molar-refractivity contribution >= 4 is 29.5 Å². The molecule has 0 unspecified atom stereocenters. The van der Waals surface area contributed by atoms with Crippen molar-refractivity contribution in [1.82, 2.24) is 15.8 Å². The van der Waals surface area contributed by atoms with Gasteiger partial charge in [0.1, 0.15) is 12.4 Å². The molecule has 2 rings (SSSR count). The molecule has 3 amide bonds. The van der Waals surface area contributed by atoms with Crippen molar-refractivity contribution < 1.29 is 18.8 Å². The number of benzene rings is 1. The largest absolute Gasteiger partial charge is 0.333 e. The van der Waals surface area contributed by atoms with Crippen LogP contribution in [0.3, 0.4) is 0 Å². The lowest BCUT2D eigenvalue weighted by Gasteiger charge is -2.15. The van der Waals surface area contributed by atoms with Crippen molar-refractivity contribution in [2.45, 2.75) is 17.7 Å². The summed E-state index contributed by atoms with van der Waals surface area (Å²) in [5, 5.41) is 0. The molecule has 0 saturated carbocycles. The highest BCUT2D eigenvalue weighted by Crippen LogP contribution is 2.20. The summed E-state index contributed by atoms with van der Waals surface area (Å²) in [7, 11) is 0. The number of halogens is 1. The molecule has 1 aromatic carbocycles. The molecule has 118 valence electrons. The first kappa shape index (κ1) is 16.3. The van der Waals surface area contributed by atoms with E-state index in [0.29, 0.717) is 17.9 Å². The average Bonchev–Trinajstić information content (AvgIpc) is 2.89. The van der Waals surface area contributed by atoms with Gasteiger partial charge in [-0.15, -0.1) is 11.8 Å². The smallest absolute Gasteiger partial charge is 0.257 e. The highest BCUT2D eigenvalue weighted by atomic mass is 32.2. The molecule has 1 fully saturated rings. The fourth-order valence-electron chi connectivity index (χ4n) is 1.96. The first-order chi connectivity index (χ1) is 10.6. The second-order valence-corrected chi connectivity index (χ2v) is 5.75. The van der Waals surface area contributed by atoms with Gasteiger partial charge in [0.2, 0.25) is 11.8 Å². The molecule has 0 radical (unpaired) electrons. The van der Waals surface area contributed by atoms with E-state index in [9.17, 15) is 18.8 Å². The standard InChI is InChI=1S/C14H16FN3O3S/c15-10-4-1-2-5-11(10)22-9-13(20)17-16-12(19)8-18-7-3-6-14(18)21/h1-2,4-5H,3,6-9H2,(H,16,19)(H,17,20). The molecule has 1 aromatic rings. The lowest BCUT2D eigenvalue weighted by Crippen LogP contribution is -2.47. The molecule has 1 heterocycles. The van der Waals surface area contributed by atoms with E-state index in [1.54, 1.807) is 18.2 Å². The number of rotatable bonds is 5. The Morgan fingerprint density at radius 3 is 2.64 bits per heavy atom. The maximum Gasteiger partial charge on any atom is 0.257 e. The predicted molar refractivity (Wildman–Crippen MR) is 79.2 cm³/mol. The van der Waals surface area contributed by atoms with Crippen LogP contribution in [0.25, 0.3) is 0 Å². The Bertz CT molecular complexity index is 582. The minimum atomic E-state index is -0.459. The van der Waals surface area contributed by atoms with E-state index in [4.69, 9.17) is 0 Å². The molecular formula is C14H16FN3O3S. The van der Waals surface area contributed by atoms with Crippen molar-refractivity contribution in [3.63, 3.8) is 0 Å². The molecule has 6 nitrogen and oxygen atoms in total. The second kappa shape index (κ2) is 7.79. The lowest BCUT2D eigenvalue weighted by atomic mass is 10.3. The minimum Gasteiger partial charge on any atom is -0.333 e. The van der Waals surface area contributed by atoms with Crippen LogP contribution in [0.2, 0.25) is 0 Å². The van der Waals surface area contributed by atoms with Crippen molar-refractivity contribution in [1.29, 1.82) is 0 Å². The van der Waals surface area contributed by atoms with Crippen LogP contribution in [0.1, 0.15) is 12.8 Å². The van der Waals surface area contributed by atoms with Gasteiger partial charge in [0, 0.05) is 17.9 Å². The maximum atomic E-state index is 13.4. The number of likely N-dealkylation sites (tertiary alicyclic amines) is 1. The SMILES string of the molecule is O=C(CSc1ccccc1F)NNC(=O)CN1CCCC1=O. The zero-order valence-corrected chi connectivity index (χ0v) is 12.6. The van der Waals surface area contributed by atoms with Gasteiger partial charge in [0.15, 0.2) is 0 Å². The molecule has 0 aromatic heterocycles. The molecule has 0 bridgehead atoms. The van der Waals surface area contributed by atoms with Crippen molar-refractivity contribution in [3.8, 4) is 0 Å². The third-order valence-corrected chi connectivity index (χ3v) is 4.09. The molecular weight excluding hydrogens is 309 g/mol. The Hall–Kier alpha value is -2.09. The Morgan fingerprint density at radius 1 is 1.23 bits per heavy atom. The number of nitrogens with one attached hydrogen (secondary N) is 2. The van der Waals surface area contributed by atoms with E-state index in [1.165, 1.54) is 11.0 Å².